The molecule has 2 rings (SSSR count). The third kappa shape index (κ3) is 2.51. The highest BCUT2D eigenvalue weighted by Gasteiger charge is 2.08. The predicted molar refractivity (Wildman–Crippen MR) is 67.6 cm³/mol. The van der Waals surface area contributed by atoms with Crippen molar-refractivity contribution in [3.8, 4) is 0 Å². The SMILES string of the molecule is Cc1occc1Sc1cc(Br)ccc1CO. The summed E-state index contributed by atoms with van der Waals surface area (Å²) in [4.78, 5) is 2.12. The predicted octanol–water partition coefficient (Wildman–Crippen LogP) is 3.99. The number of benzene rings is 1. The fraction of sp³-hybridized carbons (Fsp3) is 0.167. The van der Waals surface area contributed by atoms with E-state index < -0.39 is 0 Å². The van der Waals surface area contributed by atoms with E-state index in [0.717, 1.165) is 25.6 Å². The summed E-state index contributed by atoms with van der Waals surface area (Å²) in [6.07, 6.45) is 1.67. The van der Waals surface area contributed by atoms with Crippen molar-refractivity contribution >= 4 is 27.7 Å². The van der Waals surface area contributed by atoms with Crippen LogP contribution in [0.5, 0.6) is 0 Å². The van der Waals surface area contributed by atoms with Crippen LogP contribution < -0.4 is 0 Å². The Morgan fingerprint density at radius 1 is 1.31 bits per heavy atom. The Balaban J connectivity index is 2.33. The summed E-state index contributed by atoms with van der Waals surface area (Å²) in [7, 11) is 0. The molecule has 0 bridgehead atoms. The zero-order chi connectivity index (χ0) is 11.5. The fourth-order valence-corrected chi connectivity index (χ4v) is 2.87. The number of furan rings is 1. The molecule has 1 heterocycles. The van der Waals surface area contributed by atoms with E-state index in [1.165, 1.54) is 0 Å². The van der Waals surface area contributed by atoms with Crippen molar-refractivity contribution in [1.29, 1.82) is 0 Å². The molecule has 2 nitrogen and oxygen atoms in total. The number of aryl methyl sites for hydroxylation is 1. The van der Waals surface area contributed by atoms with E-state index in [1.54, 1.807) is 18.0 Å². The third-order valence-electron chi connectivity index (χ3n) is 2.23. The maximum atomic E-state index is 9.26. The molecule has 1 aromatic heterocycles. The highest BCUT2D eigenvalue weighted by molar-refractivity contribution is 9.10. The van der Waals surface area contributed by atoms with Gasteiger partial charge in [-0.15, -0.1) is 0 Å². The van der Waals surface area contributed by atoms with Gasteiger partial charge in [-0.25, -0.2) is 0 Å². The van der Waals surface area contributed by atoms with Crippen LogP contribution in [0.15, 0.2) is 49.2 Å². The van der Waals surface area contributed by atoms with Crippen molar-refractivity contribution in [1.82, 2.24) is 0 Å². The Kier molecular flexibility index (Phi) is 3.74. The van der Waals surface area contributed by atoms with Crippen molar-refractivity contribution in [2.45, 2.75) is 23.3 Å². The van der Waals surface area contributed by atoms with Gasteiger partial charge in [-0.1, -0.05) is 33.8 Å². The minimum Gasteiger partial charge on any atom is -0.468 e. The summed E-state index contributed by atoms with van der Waals surface area (Å²) in [6.45, 7) is 1.98. The minimum absolute atomic E-state index is 0.0481. The molecular weight excluding hydrogens is 288 g/mol. The number of hydrogen-bond acceptors (Lipinski definition) is 3. The minimum atomic E-state index is 0.0481. The van der Waals surface area contributed by atoms with Gasteiger partial charge in [-0.05, 0) is 30.7 Å². The van der Waals surface area contributed by atoms with E-state index in [4.69, 9.17) is 4.42 Å². The molecule has 0 aliphatic heterocycles. The number of halogens is 1. The second-order valence-electron chi connectivity index (χ2n) is 3.35. The molecule has 1 N–H and O–H groups in total. The van der Waals surface area contributed by atoms with Gasteiger partial charge in [-0.2, -0.15) is 0 Å². The molecule has 0 radical (unpaired) electrons. The molecule has 0 aliphatic rings. The molecule has 0 atom stereocenters. The molecule has 84 valence electrons. The Labute approximate surface area is 107 Å². The fourth-order valence-electron chi connectivity index (χ4n) is 1.35. The van der Waals surface area contributed by atoms with Crippen LogP contribution in [0.1, 0.15) is 11.3 Å². The topological polar surface area (TPSA) is 33.4 Å². The van der Waals surface area contributed by atoms with Gasteiger partial charge in [0.25, 0.3) is 0 Å². The zero-order valence-corrected chi connectivity index (χ0v) is 11.1. The maximum Gasteiger partial charge on any atom is 0.114 e. The smallest absolute Gasteiger partial charge is 0.114 e. The first-order chi connectivity index (χ1) is 7.70. The molecule has 2 aromatic rings. The van der Waals surface area contributed by atoms with Crippen LogP contribution in [-0.2, 0) is 6.61 Å². The summed E-state index contributed by atoms with van der Waals surface area (Å²) in [6, 6.07) is 7.78. The van der Waals surface area contributed by atoms with Crippen molar-refractivity contribution < 1.29 is 9.52 Å². The summed E-state index contributed by atoms with van der Waals surface area (Å²) in [5.74, 6) is 0.897. The first kappa shape index (κ1) is 11.8. The second-order valence-corrected chi connectivity index (χ2v) is 5.35. The molecule has 16 heavy (non-hydrogen) atoms. The third-order valence-corrected chi connectivity index (χ3v) is 3.97. The highest BCUT2D eigenvalue weighted by atomic mass is 79.9. The Bertz CT molecular complexity index is 494. The van der Waals surface area contributed by atoms with Crippen LogP contribution in [0, 0.1) is 6.92 Å². The van der Waals surface area contributed by atoms with E-state index in [2.05, 4.69) is 15.9 Å². The van der Waals surface area contributed by atoms with Crippen LogP contribution >= 0.6 is 27.7 Å². The quantitative estimate of drug-likeness (QED) is 0.930. The zero-order valence-electron chi connectivity index (χ0n) is 8.74. The van der Waals surface area contributed by atoms with Gasteiger partial charge in [0.15, 0.2) is 0 Å². The molecular formula is C12H11BrO2S. The maximum absolute atomic E-state index is 9.26. The van der Waals surface area contributed by atoms with Crippen LogP contribution in [-0.4, -0.2) is 5.11 Å². The summed E-state index contributed by atoms with van der Waals surface area (Å²) in [5.41, 5.74) is 0.925. The lowest BCUT2D eigenvalue weighted by atomic mass is 10.2. The van der Waals surface area contributed by atoms with E-state index in [9.17, 15) is 5.11 Å². The van der Waals surface area contributed by atoms with Gasteiger partial charge >= 0.3 is 0 Å². The normalized spacial score (nSPS) is 10.7. The molecule has 0 spiro atoms. The van der Waals surface area contributed by atoms with E-state index in [0.29, 0.717) is 0 Å². The number of aliphatic hydroxyl groups is 1. The van der Waals surface area contributed by atoms with E-state index in [1.807, 2.05) is 31.2 Å². The van der Waals surface area contributed by atoms with Crippen LogP contribution in [0.3, 0.4) is 0 Å². The van der Waals surface area contributed by atoms with Gasteiger partial charge < -0.3 is 9.52 Å². The van der Waals surface area contributed by atoms with Gasteiger partial charge in [0.2, 0.25) is 0 Å². The summed E-state index contributed by atoms with van der Waals surface area (Å²) >= 11 is 5.03. The first-order valence-corrected chi connectivity index (χ1v) is 6.43. The lowest BCUT2D eigenvalue weighted by Gasteiger charge is -2.06. The van der Waals surface area contributed by atoms with Crippen molar-refractivity contribution in [3.05, 3.63) is 46.3 Å². The lowest BCUT2D eigenvalue weighted by molar-refractivity contribution is 0.279. The first-order valence-electron chi connectivity index (χ1n) is 4.82. The van der Waals surface area contributed by atoms with E-state index >= 15 is 0 Å². The molecule has 1 aromatic carbocycles. The van der Waals surface area contributed by atoms with Gasteiger partial charge in [0.05, 0.1) is 17.8 Å². The number of rotatable bonds is 3. The molecule has 0 amide bonds. The molecule has 0 aliphatic carbocycles. The highest BCUT2D eigenvalue weighted by Crippen LogP contribution is 2.34. The van der Waals surface area contributed by atoms with Crippen molar-refractivity contribution in [2.75, 3.05) is 0 Å². The van der Waals surface area contributed by atoms with Crippen molar-refractivity contribution in [2.24, 2.45) is 0 Å². The van der Waals surface area contributed by atoms with Crippen molar-refractivity contribution in [3.63, 3.8) is 0 Å². The van der Waals surface area contributed by atoms with Gasteiger partial charge in [0.1, 0.15) is 5.76 Å². The van der Waals surface area contributed by atoms with Crippen LogP contribution in [0.2, 0.25) is 0 Å². The number of hydrogen-bond donors (Lipinski definition) is 1. The average molecular weight is 299 g/mol. The van der Waals surface area contributed by atoms with Gasteiger partial charge in [0, 0.05) is 9.37 Å². The van der Waals surface area contributed by atoms with Crippen LogP contribution in [0.25, 0.3) is 0 Å². The second kappa shape index (κ2) is 5.08. The lowest BCUT2D eigenvalue weighted by Crippen LogP contribution is -1.87. The average Bonchev–Trinajstić information content (AvgIpc) is 2.65. The Morgan fingerprint density at radius 3 is 2.75 bits per heavy atom. The van der Waals surface area contributed by atoms with E-state index in [-0.39, 0.29) is 6.61 Å². The Hall–Kier alpha value is -0.710. The monoisotopic (exact) mass is 298 g/mol. The van der Waals surface area contributed by atoms with Gasteiger partial charge in [-0.3, -0.25) is 0 Å². The molecule has 0 fully saturated rings. The Morgan fingerprint density at radius 2 is 2.12 bits per heavy atom. The summed E-state index contributed by atoms with van der Waals surface area (Å²) in [5, 5.41) is 9.26. The van der Waals surface area contributed by atoms with Crippen LogP contribution in [0.4, 0.5) is 0 Å². The molecule has 0 saturated carbocycles. The summed E-state index contributed by atoms with van der Waals surface area (Å²) < 4.78 is 6.25. The largest absolute Gasteiger partial charge is 0.468 e. The molecule has 0 unspecified atom stereocenters. The molecule has 4 heteroatoms. The number of aliphatic hydroxyl groups excluding tert-OH is 1. The standard InChI is InChI=1S/C12H11BrO2S/c1-8-11(4-5-15-8)16-12-6-10(13)3-2-9(12)7-14/h2-6,14H,7H2,1H3. The molecule has 0 saturated heterocycles.